The second kappa shape index (κ2) is 6.16. The molecular weight excluding hydrogens is 352 g/mol. The van der Waals surface area contributed by atoms with Gasteiger partial charge < -0.3 is 5.32 Å². The fourth-order valence-electron chi connectivity index (χ4n) is 2.98. The predicted octanol–water partition coefficient (Wildman–Crippen LogP) is 4.45. The molecule has 3 heterocycles. The van der Waals surface area contributed by atoms with Crippen LogP contribution in [0.4, 0.5) is 5.82 Å². The van der Waals surface area contributed by atoms with Gasteiger partial charge in [0.05, 0.1) is 11.4 Å². The van der Waals surface area contributed by atoms with Crippen LogP contribution >= 0.6 is 15.9 Å². The van der Waals surface area contributed by atoms with E-state index in [2.05, 4.69) is 38.4 Å². The molecule has 4 rings (SSSR count). The van der Waals surface area contributed by atoms with Gasteiger partial charge in [-0.15, -0.1) is 0 Å². The lowest BCUT2D eigenvalue weighted by molar-refractivity contribution is 0.779. The molecule has 0 fully saturated rings. The van der Waals surface area contributed by atoms with Gasteiger partial charge >= 0.3 is 0 Å². The van der Waals surface area contributed by atoms with E-state index in [-0.39, 0.29) is 0 Å². The van der Waals surface area contributed by atoms with Crippen molar-refractivity contribution in [3.63, 3.8) is 0 Å². The molecule has 0 unspecified atom stereocenters. The van der Waals surface area contributed by atoms with Crippen molar-refractivity contribution in [1.82, 2.24) is 14.8 Å². The van der Waals surface area contributed by atoms with Crippen molar-refractivity contribution in [2.24, 2.45) is 0 Å². The van der Waals surface area contributed by atoms with Gasteiger partial charge in [-0.3, -0.25) is 4.98 Å². The first-order valence-electron chi connectivity index (χ1n) is 7.86. The Morgan fingerprint density at radius 2 is 1.91 bits per heavy atom. The zero-order valence-corrected chi connectivity index (χ0v) is 14.3. The first kappa shape index (κ1) is 14.5. The topological polar surface area (TPSA) is 42.7 Å². The van der Waals surface area contributed by atoms with E-state index in [0.29, 0.717) is 0 Å². The molecule has 23 heavy (non-hydrogen) atoms. The molecule has 2 aromatic heterocycles. The number of fused-ring (bicyclic) bond motifs is 1. The largest absolute Gasteiger partial charge is 0.370 e. The van der Waals surface area contributed by atoms with E-state index in [1.54, 1.807) is 0 Å². The van der Waals surface area contributed by atoms with E-state index in [9.17, 15) is 0 Å². The van der Waals surface area contributed by atoms with E-state index in [1.165, 1.54) is 18.4 Å². The van der Waals surface area contributed by atoms with Crippen molar-refractivity contribution in [2.45, 2.75) is 19.3 Å². The molecule has 0 bridgehead atoms. The lowest BCUT2D eigenvalue weighted by Gasteiger charge is -2.09. The maximum Gasteiger partial charge on any atom is 0.133 e. The fourth-order valence-corrected chi connectivity index (χ4v) is 3.24. The van der Waals surface area contributed by atoms with Crippen molar-refractivity contribution >= 4 is 21.7 Å². The molecule has 1 aromatic carbocycles. The van der Waals surface area contributed by atoms with E-state index >= 15 is 0 Å². The molecule has 0 aliphatic carbocycles. The van der Waals surface area contributed by atoms with Gasteiger partial charge in [0, 0.05) is 22.8 Å². The zero-order valence-electron chi connectivity index (χ0n) is 12.7. The van der Waals surface area contributed by atoms with Crippen LogP contribution in [0.2, 0.25) is 0 Å². The average molecular weight is 369 g/mol. The predicted molar refractivity (Wildman–Crippen MR) is 95.9 cm³/mol. The molecule has 5 heteroatoms. The Hall–Kier alpha value is -2.14. The normalized spacial score (nSPS) is 14.0. The van der Waals surface area contributed by atoms with E-state index < -0.39 is 0 Å². The summed E-state index contributed by atoms with van der Waals surface area (Å²) in [5.41, 5.74) is 4.24. The first-order valence-corrected chi connectivity index (χ1v) is 8.65. The molecule has 0 amide bonds. The highest BCUT2D eigenvalue weighted by molar-refractivity contribution is 9.10. The van der Waals surface area contributed by atoms with Gasteiger partial charge in [0.15, 0.2) is 0 Å². The summed E-state index contributed by atoms with van der Waals surface area (Å²) in [5, 5.41) is 8.44. The Balaban J connectivity index is 1.89. The molecule has 116 valence electrons. The van der Waals surface area contributed by atoms with Crippen LogP contribution in [-0.4, -0.2) is 21.3 Å². The number of benzene rings is 1. The quantitative estimate of drug-likeness (QED) is 0.726. The number of pyridine rings is 1. The maximum absolute atomic E-state index is 4.88. The molecule has 4 nitrogen and oxygen atoms in total. The first-order chi connectivity index (χ1) is 11.3. The van der Waals surface area contributed by atoms with Crippen LogP contribution in [0.5, 0.6) is 0 Å². The zero-order chi connectivity index (χ0) is 15.6. The number of anilines is 1. The Labute approximate surface area is 143 Å². The Kier molecular flexibility index (Phi) is 3.87. The second-order valence-electron chi connectivity index (χ2n) is 5.66. The number of nitrogens with one attached hydrogen (secondary N) is 1. The summed E-state index contributed by atoms with van der Waals surface area (Å²) < 4.78 is 3.08. The van der Waals surface area contributed by atoms with Crippen molar-refractivity contribution in [3.05, 3.63) is 58.7 Å². The van der Waals surface area contributed by atoms with Gasteiger partial charge in [-0.2, -0.15) is 5.10 Å². The van der Waals surface area contributed by atoms with Crippen LogP contribution in [-0.2, 0) is 6.42 Å². The lowest BCUT2D eigenvalue weighted by atomic mass is 10.1. The molecule has 0 radical (unpaired) electrons. The number of hydrogen-bond donors (Lipinski definition) is 1. The van der Waals surface area contributed by atoms with Gasteiger partial charge in [0.25, 0.3) is 0 Å². The Bertz CT molecular complexity index is 809. The van der Waals surface area contributed by atoms with Crippen LogP contribution in [0, 0.1) is 0 Å². The van der Waals surface area contributed by atoms with E-state index in [1.807, 2.05) is 41.2 Å². The van der Waals surface area contributed by atoms with Crippen molar-refractivity contribution in [2.75, 3.05) is 11.9 Å². The number of halogens is 1. The lowest BCUT2D eigenvalue weighted by Crippen LogP contribution is -2.07. The highest BCUT2D eigenvalue weighted by atomic mass is 79.9. The molecule has 0 spiro atoms. The molecule has 0 saturated heterocycles. The number of aromatic nitrogens is 3. The minimum Gasteiger partial charge on any atom is -0.370 e. The average Bonchev–Trinajstić information content (AvgIpc) is 2.78. The SMILES string of the molecule is Brc1ccc(-n2nc(-c3ccccn3)c3c2NCCCC3)cc1. The molecule has 1 aliphatic rings. The van der Waals surface area contributed by atoms with Gasteiger partial charge in [-0.25, -0.2) is 4.68 Å². The Morgan fingerprint density at radius 3 is 2.70 bits per heavy atom. The summed E-state index contributed by atoms with van der Waals surface area (Å²) >= 11 is 3.49. The van der Waals surface area contributed by atoms with E-state index in [4.69, 9.17) is 5.10 Å². The minimum atomic E-state index is 0.934. The summed E-state index contributed by atoms with van der Waals surface area (Å²) in [5.74, 6) is 1.10. The molecule has 1 aliphatic heterocycles. The summed E-state index contributed by atoms with van der Waals surface area (Å²) in [6.07, 6.45) is 5.21. The number of hydrogen-bond acceptors (Lipinski definition) is 3. The van der Waals surface area contributed by atoms with Crippen LogP contribution in [0.15, 0.2) is 53.1 Å². The highest BCUT2D eigenvalue weighted by Crippen LogP contribution is 2.33. The van der Waals surface area contributed by atoms with Crippen LogP contribution in [0.3, 0.4) is 0 Å². The summed E-state index contributed by atoms with van der Waals surface area (Å²) in [6, 6.07) is 14.2. The third-order valence-electron chi connectivity index (χ3n) is 4.11. The third-order valence-corrected chi connectivity index (χ3v) is 4.64. The fraction of sp³-hybridized carbons (Fsp3) is 0.222. The standard InChI is InChI=1S/C18H17BrN4/c19-13-7-9-14(10-8-13)23-18-15(5-1-3-12-21-18)17(22-23)16-6-2-4-11-20-16/h2,4,6-11,21H,1,3,5,12H2. The molecule has 0 atom stereocenters. The number of nitrogens with zero attached hydrogens (tertiary/aromatic N) is 3. The van der Waals surface area contributed by atoms with Gasteiger partial charge in [-0.1, -0.05) is 22.0 Å². The summed E-state index contributed by atoms with van der Waals surface area (Å²) in [7, 11) is 0. The highest BCUT2D eigenvalue weighted by Gasteiger charge is 2.22. The smallest absolute Gasteiger partial charge is 0.133 e. The van der Waals surface area contributed by atoms with Gasteiger partial charge in [-0.05, 0) is 55.7 Å². The van der Waals surface area contributed by atoms with Crippen molar-refractivity contribution in [3.8, 4) is 17.1 Å². The molecule has 0 saturated carbocycles. The maximum atomic E-state index is 4.88. The Morgan fingerprint density at radius 1 is 1.04 bits per heavy atom. The second-order valence-corrected chi connectivity index (χ2v) is 6.58. The van der Waals surface area contributed by atoms with Crippen molar-refractivity contribution in [1.29, 1.82) is 0 Å². The monoisotopic (exact) mass is 368 g/mol. The number of rotatable bonds is 2. The summed E-state index contributed by atoms with van der Waals surface area (Å²) in [6.45, 7) is 0.983. The van der Waals surface area contributed by atoms with Crippen LogP contribution in [0.1, 0.15) is 18.4 Å². The molecule has 3 aromatic rings. The van der Waals surface area contributed by atoms with Crippen LogP contribution < -0.4 is 5.32 Å². The van der Waals surface area contributed by atoms with Gasteiger partial charge in [0.1, 0.15) is 11.5 Å². The summed E-state index contributed by atoms with van der Waals surface area (Å²) in [4.78, 5) is 4.50. The van der Waals surface area contributed by atoms with Gasteiger partial charge in [0.2, 0.25) is 0 Å². The van der Waals surface area contributed by atoms with Crippen molar-refractivity contribution < 1.29 is 0 Å². The van der Waals surface area contributed by atoms with E-state index in [0.717, 1.165) is 40.3 Å². The molecule has 1 N–H and O–H groups in total. The minimum absolute atomic E-state index is 0.934. The van der Waals surface area contributed by atoms with Crippen LogP contribution in [0.25, 0.3) is 17.1 Å². The third kappa shape index (κ3) is 2.77. The molecular formula is C18H17BrN4.